The highest BCUT2D eigenvalue weighted by Gasteiger charge is 2.52. The number of nitrogens with one attached hydrogen (secondary N) is 1. The number of benzene rings is 1. The van der Waals surface area contributed by atoms with Crippen molar-refractivity contribution in [2.75, 3.05) is 45.1 Å². The second kappa shape index (κ2) is 7.94. The van der Waals surface area contributed by atoms with E-state index in [0.29, 0.717) is 17.4 Å². The molecule has 3 fully saturated rings. The van der Waals surface area contributed by atoms with Gasteiger partial charge in [-0.15, -0.1) is 0 Å². The fourth-order valence-corrected chi connectivity index (χ4v) is 4.61. The van der Waals surface area contributed by atoms with Crippen LogP contribution in [0.2, 0.25) is 0 Å². The number of rotatable bonds is 6. The smallest absolute Gasteiger partial charge is 0.320 e. The van der Waals surface area contributed by atoms with E-state index in [1.807, 2.05) is 0 Å². The van der Waals surface area contributed by atoms with Crippen LogP contribution in [0.4, 0.5) is 10.5 Å². The largest absolute Gasteiger partial charge is 0.385 e. The van der Waals surface area contributed by atoms with Gasteiger partial charge < -0.3 is 20.0 Å². The van der Waals surface area contributed by atoms with Crippen LogP contribution >= 0.6 is 0 Å². The molecule has 3 aliphatic rings. The van der Waals surface area contributed by atoms with Crippen LogP contribution in [0.1, 0.15) is 45.1 Å². The minimum absolute atomic E-state index is 0.258. The average molecular weight is 385 g/mol. The summed E-state index contributed by atoms with van der Waals surface area (Å²) in [5, 5.41) is 3.47. The van der Waals surface area contributed by atoms with Crippen molar-refractivity contribution >= 4 is 11.7 Å². The lowest BCUT2D eigenvalue weighted by Gasteiger charge is -2.46. The molecule has 4 rings (SSSR count). The molecule has 1 aromatic carbocycles. The van der Waals surface area contributed by atoms with Crippen molar-refractivity contribution < 1.29 is 4.79 Å². The fourth-order valence-electron chi connectivity index (χ4n) is 4.61. The molecule has 1 N–H and O–H groups in total. The normalized spacial score (nSPS) is 22.9. The summed E-state index contributed by atoms with van der Waals surface area (Å²) in [7, 11) is 2.18. The van der Waals surface area contributed by atoms with Gasteiger partial charge in [-0.1, -0.05) is 26.0 Å². The van der Waals surface area contributed by atoms with E-state index in [-0.39, 0.29) is 6.03 Å². The highest BCUT2D eigenvalue weighted by Crippen LogP contribution is 2.50. The van der Waals surface area contributed by atoms with Crippen LogP contribution in [-0.4, -0.2) is 66.5 Å². The Labute approximate surface area is 170 Å². The summed E-state index contributed by atoms with van der Waals surface area (Å²) in [6, 6.07) is 9.32. The van der Waals surface area contributed by atoms with Gasteiger partial charge in [-0.3, -0.25) is 0 Å². The van der Waals surface area contributed by atoms with Crippen LogP contribution in [0, 0.1) is 11.3 Å². The molecule has 0 atom stereocenters. The van der Waals surface area contributed by atoms with Gasteiger partial charge in [-0.2, -0.15) is 0 Å². The first-order chi connectivity index (χ1) is 13.4. The van der Waals surface area contributed by atoms with E-state index in [9.17, 15) is 4.79 Å². The molecule has 0 radical (unpaired) electrons. The van der Waals surface area contributed by atoms with E-state index >= 15 is 0 Å². The molecule has 2 amide bonds. The number of hydrogen-bond acceptors (Lipinski definition) is 3. The average Bonchev–Trinajstić information content (AvgIpc) is 3.43. The Morgan fingerprint density at radius 3 is 2.39 bits per heavy atom. The van der Waals surface area contributed by atoms with E-state index in [1.54, 1.807) is 0 Å². The first-order valence-electron chi connectivity index (χ1n) is 11.0. The Morgan fingerprint density at radius 1 is 1.11 bits per heavy atom. The second-order valence-corrected chi connectivity index (χ2v) is 9.77. The lowest BCUT2D eigenvalue weighted by Crippen LogP contribution is -2.58. The third-order valence-corrected chi connectivity index (χ3v) is 6.68. The molecule has 1 saturated carbocycles. The van der Waals surface area contributed by atoms with Crippen molar-refractivity contribution in [3.63, 3.8) is 0 Å². The highest BCUT2D eigenvalue weighted by atomic mass is 16.2. The Hall–Kier alpha value is -1.75. The molecule has 28 heavy (non-hydrogen) atoms. The van der Waals surface area contributed by atoms with Gasteiger partial charge in [0.25, 0.3) is 0 Å². The molecule has 0 bridgehead atoms. The van der Waals surface area contributed by atoms with Crippen LogP contribution in [0.15, 0.2) is 24.3 Å². The maximum atomic E-state index is 13.3. The van der Waals surface area contributed by atoms with Crippen LogP contribution < -0.4 is 5.32 Å². The Kier molecular flexibility index (Phi) is 5.55. The third-order valence-electron chi connectivity index (χ3n) is 6.68. The van der Waals surface area contributed by atoms with Gasteiger partial charge in [0.1, 0.15) is 0 Å². The number of carbonyl (C=O) groups is 1. The van der Waals surface area contributed by atoms with Crippen LogP contribution in [0.5, 0.6) is 0 Å². The molecule has 2 aliphatic heterocycles. The Bertz CT molecular complexity index is 674. The lowest BCUT2D eigenvalue weighted by molar-refractivity contribution is 0.0521. The summed E-state index contributed by atoms with van der Waals surface area (Å²) >= 11 is 0. The minimum atomic E-state index is 0.258. The molecule has 2 saturated heterocycles. The maximum Gasteiger partial charge on any atom is 0.320 e. The zero-order valence-corrected chi connectivity index (χ0v) is 17.8. The van der Waals surface area contributed by atoms with Crippen molar-refractivity contribution in [3.05, 3.63) is 29.8 Å². The molecule has 154 valence electrons. The van der Waals surface area contributed by atoms with Gasteiger partial charge >= 0.3 is 6.03 Å². The van der Waals surface area contributed by atoms with Crippen LogP contribution in [0.3, 0.4) is 0 Å². The monoisotopic (exact) mass is 384 g/mol. The SMILES string of the molecule is CC(C)CNc1ccc(CN2CC3(CC3)CN(C3CCN(C)CC3)C2=O)cc1. The molecule has 5 heteroatoms. The van der Waals surface area contributed by atoms with E-state index in [2.05, 4.69) is 65.2 Å². The topological polar surface area (TPSA) is 38.8 Å². The third kappa shape index (κ3) is 4.45. The van der Waals surface area contributed by atoms with E-state index in [1.165, 1.54) is 18.4 Å². The van der Waals surface area contributed by atoms with E-state index in [4.69, 9.17) is 0 Å². The molecular formula is C23H36N4O. The number of nitrogens with zero attached hydrogens (tertiary/aromatic N) is 3. The summed E-state index contributed by atoms with van der Waals surface area (Å²) in [6.07, 6.45) is 4.78. The molecule has 1 aliphatic carbocycles. The summed E-state index contributed by atoms with van der Waals surface area (Å²) in [5.41, 5.74) is 2.76. The van der Waals surface area contributed by atoms with Gasteiger partial charge in [0.15, 0.2) is 0 Å². The molecule has 2 heterocycles. The lowest BCUT2D eigenvalue weighted by atomic mass is 9.97. The molecule has 5 nitrogen and oxygen atoms in total. The molecule has 1 spiro atoms. The van der Waals surface area contributed by atoms with Gasteiger partial charge in [0.05, 0.1) is 0 Å². The second-order valence-electron chi connectivity index (χ2n) is 9.77. The minimum Gasteiger partial charge on any atom is -0.385 e. The zero-order chi connectivity index (χ0) is 19.7. The van der Waals surface area contributed by atoms with Crippen LogP contribution in [0.25, 0.3) is 0 Å². The quantitative estimate of drug-likeness (QED) is 0.809. The first kappa shape index (κ1) is 19.6. The Morgan fingerprint density at radius 2 is 1.79 bits per heavy atom. The standard InChI is InChI=1S/C23H36N4O/c1-18(2)14-24-20-6-4-19(5-7-20)15-26-16-23(10-11-23)17-27(22(26)28)21-8-12-25(3)13-9-21/h4-7,18,21,24H,8-17H2,1-3H3. The molecule has 0 unspecified atom stereocenters. The predicted molar refractivity (Wildman–Crippen MR) is 114 cm³/mol. The number of carbonyl (C=O) groups excluding carboxylic acids is 1. The number of anilines is 1. The summed E-state index contributed by atoms with van der Waals surface area (Å²) in [6.45, 7) is 10.3. The van der Waals surface area contributed by atoms with E-state index in [0.717, 1.165) is 57.8 Å². The number of amides is 2. The summed E-state index contributed by atoms with van der Waals surface area (Å²) in [5.74, 6) is 0.630. The number of likely N-dealkylation sites (tertiary alicyclic amines) is 1. The maximum absolute atomic E-state index is 13.3. The zero-order valence-electron chi connectivity index (χ0n) is 17.8. The van der Waals surface area contributed by atoms with Gasteiger partial charge in [-0.25, -0.2) is 4.79 Å². The number of piperidine rings is 1. The Balaban J connectivity index is 1.41. The van der Waals surface area contributed by atoms with Gasteiger partial charge in [0, 0.05) is 43.3 Å². The van der Waals surface area contributed by atoms with Gasteiger partial charge in [-0.05, 0) is 69.4 Å². The molecule has 0 aromatic heterocycles. The number of urea groups is 1. The van der Waals surface area contributed by atoms with Crippen molar-refractivity contribution in [2.24, 2.45) is 11.3 Å². The highest BCUT2D eigenvalue weighted by molar-refractivity contribution is 5.76. The van der Waals surface area contributed by atoms with Crippen molar-refractivity contribution in [1.29, 1.82) is 0 Å². The predicted octanol–water partition coefficient (Wildman–Crippen LogP) is 3.87. The van der Waals surface area contributed by atoms with Gasteiger partial charge in [0.2, 0.25) is 0 Å². The van der Waals surface area contributed by atoms with Crippen molar-refractivity contribution in [2.45, 2.75) is 52.1 Å². The fraction of sp³-hybridized carbons (Fsp3) is 0.696. The summed E-state index contributed by atoms with van der Waals surface area (Å²) in [4.78, 5) is 20.0. The molecule has 1 aromatic rings. The summed E-state index contributed by atoms with van der Waals surface area (Å²) < 4.78 is 0. The molecular weight excluding hydrogens is 348 g/mol. The van der Waals surface area contributed by atoms with Crippen molar-refractivity contribution in [1.82, 2.24) is 14.7 Å². The first-order valence-corrected chi connectivity index (χ1v) is 11.0. The van der Waals surface area contributed by atoms with Crippen LogP contribution in [-0.2, 0) is 6.54 Å². The van der Waals surface area contributed by atoms with Crippen molar-refractivity contribution in [3.8, 4) is 0 Å². The van der Waals surface area contributed by atoms with E-state index < -0.39 is 0 Å². The number of hydrogen-bond donors (Lipinski definition) is 1.